The van der Waals surface area contributed by atoms with Crippen molar-refractivity contribution in [3.63, 3.8) is 0 Å². The summed E-state index contributed by atoms with van der Waals surface area (Å²) in [4.78, 5) is 10.2. The molecule has 0 amide bonds. The molecule has 0 radical (unpaired) electrons. The van der Waals surface area contributed by atoms with E-state index in [1.807, 2.05) is 13.8 Å². The van der Waals surface area contributed by atoms with Gasteiger partial charge in [0.05, 0.1) is 18.1 Å². The fourth-order valence-corrected chi connectivity index (χ4v) is 1.02. The van der Waals surface area contributed by atoms with Crippen molar-refractivity contribution in [2.75, 3.05) is 0 Å². The topological polar surface area (TPSA) is 49.8 Å². The standard InChI is InChI=1S/C7H12O3/c1-3-7(2)5(10-7)4-6(8)9/h5H,3-4H2,1-2H3,(H,8,9). The van der Waals surface area contributed by atoms with E-state index in [9.17, 15) is 4.79 Å². The molecule has 10 heavy (non-hydrogen) atoms. The Morgan fingerprint density at radius 3 is 2.70 bits per heavy atom. The Labute approximate surface area is 60.0 Å². The Morgan fingerprint density at radius 2 is 2.40 bits per heavy atom. The average Bonchev–Trinajstić information content (AvgIpc) is 2.43. The molecule has 0 aliphatic carbocycles. The first kappa shape index (κ1) is 7.54. The van der Waals surface area contributed by atoms with Crippen LogP contribution in [0.4, 0.5) is 0 Å². The average molecular weight is 144 g/mol. The summed E-state index contributed by atoms with van der Waals surface area (Å²) in [6.07, 6.45) is 0.991. The Balaban J connectivity index is 2.31. The van der Waals surface area contributed by atoms with Gasteiger partial charge in [0.25, 0.3) is 0 Å². The van der Waals surface area contributed by atoms with Crippen LogP contribution in [0.2, 0.25) is 0 Å². The molecule has 3 nitrogen and oxygen atoms in total. The van der Waals surface area contributed by atoms with E-state index in [1.165, 1.54) is 0 Å². The van der Waals surface area contributed by atoms with Gasteiger partial charge in [0.15, 0.2) is 0 Å². The van der Waals surface area contributed by atoms with Gasteiger partial charge >= 0.3 is 5.97 Å². The SMILES string of the molecule is CCC1(C)OC1CC(=O)O. The summed E-state index contributed by atoms with van der Waals surface area (Å²) in [7, 11) is 0. The summed E-state index contributed by atoms with van der Waals surface area (Å²) >= 11 is 0. The smallest absolute Gasteiger partial charge is 0.306 e. The van der Waals surface area contributed by atoms with Gasteiger partial charge in [-0.05, 0) is 13.3 Å². The van der Waals surface area contributed by atoms with Crippen molar-refractivity contribution in [2.45, 2.75) is 38.4 Å². The minimum Gasteiger partial charge on any atom is -0.481 e. The maximum absolute atomic E-state index is 10.2. The van der Waals surface area contributed by atoms with Crippen LogP contribution < -0.4 is 0 Å². The summed E-state index contributed by atoms with van der Waals surface area (Å²) in [5.41, 5.74) is -0.140. The molecule has 0 aromatic carbocycles. The highest BCUT2D eigenvalue weighted by Gasteiger charge is 2.51. The zero-order chi connectivity index (χ0) is 7.78. The molecule has 0 bridgehead atoms. The van der Waals surface area contributed by atoms with Gasteiger partial charge in [-0.15, -0.1) is 0 Å². The largest absolute Gasteiger partial charge is 0.481 e. The van der Waals surface area contributed by atoms with Gasteiger partial charge in [-0.1, -0.05) is 6.92 Å². The molecule has 1 N–H and O–H groups in total. The van der Waals surface area contributed by atoms with Crippen molar-refractivity contribution in [3.05, 3.63) is 0 Å². The van der Waals surface area contributed by atoms with Crippen LogP contribution in [0.3, 0.4) is 0 Å². The van der Waals surface area contributed by atoms with Gasteiger partial charge in [0.1, 0.15) is 0 Å². The molecule has 0 saturated carbocycles. The number of epoxide rings is 1. The van der Waals surface area contributed by atoms with Crippen LogP contribution >= 0.6 is 0 Å². The molecular formula is C7H12O3. The molecule has 58 valence electrons. The summed E-state index contributed by atoms with van der Waals surface area (Å²) in [6.45, 7) is 3.95. The van der Waals surface area contributed by atoms with E-state index in [2.05, 4.69) is 0 Å². The lowest BCUT2D eigenvalue weighted by molar-refractivity contribution is -0.137. The summed E-state index contributed by atoms with van der Waals surface area (Å²) in [5, 5.41) is 8.37. The predicted octanol–water partition coefficient (Wildman–Crippen LogP) is 1.03. The van der Waals surface area contributed by atoms with Crippen LogP contribution in [0, 0.1) is 0 Å². The number of carboxylic acid groups (broad SMARTS) is 1. The fraction of sp³-hybridized carbons (Fsp3) is 0.857. The maximum Gasteiger partial charge on any atom is 0.306 e. The number of ether oxygens (including phenoxy) is 1. The van der Waals surface area contributed by atoms with Crippen LogP contribution in [0.5, 0.6) is 0 Å². The minimum absolute atomic E-state index is 0.0463. The second kappa shape index (κ2) is 2.23. The molecule has 1 rings (SSSR count). The lowest BCUT2D eigenvalue weighted by atomic mass is 10.0. The highest BCUT2D eigenvalue weighted by Crippen LogP contribution is 2.40. The van der Waals surface area contributed by atoms with Gasteiger partial charge in [0.2, 0.25) is 0 Å². The first-order chi connectivity index (χ1) is 4.58. The quantitative estimate of drug-likeness (QED) is 0.602. The first-order valence-electron chi connectivity index (χ1n) is 3.48. The minimum atomic E-state index is -0.776. The summed E-state index contributed by atoms with van der Waals surface area (Å²) in [6, 6.07) is 0. The second-order valence-corrected chi connectivity index (χ2v) is 2.87. The Hall–Kier alpha value is -0.570. The predicted molar refractivity (Wildman–Crippen MR) is 35.8 cm³/mol. The maximum atomic E-state index is 10.2. The molecule has 2 unspecified atom stereocenters. The Bertz CT molecular complexity index is 155. The summed E-state index contributed by atoms with van der Waals surface area (Å²) in [5.74, 6) is -0.776. The van der Waals surface area contributed by atoms with Crippen molar-refractivity contribution >= 4 is 5.97 Å². The second-order valence-electron chi connectivity index (χ2n) is 2.87. The molecule has 2 atom stereocenters. The van der Waals surface area contributed by atoms with E-state index in [1.54, 1.807) is 0 Å². The molecule has 1 aliphatic rings. The summed E-state index contributed by atoms with van der Waals surface area (Å²) < 4.78 is 5.18. The van der Waals surface area contributed by atoms with Crippen LogP contribution in [0.1, 0.15) is 26.7 Å². The van der Waals surface area contributed by atoms with Crippen molar-refractivity contribution in [3.8, 4) is 0 Å². The number of hydrogen-bond donors (Lipinski definition) is 1. The molecule has 3 heteroatoms. The third-order valence-corrected chi connectivity index (χ3v) is 2.10. The third-order valence-electron chi connectivity index (χ3n) is 2.10. The zero-order valence-corrected chi connectivity index (χ0v) is 6.26. The van der Waals surface area contributed by atoms with Crippen molar-refractivity contribution in [2.24, 2.45) is 0 Å². The number of aliphatic carboxylic acids is 1. The van der Waals surface area contributed by atoms with Gasteiger partial charge < -0.3 is 9.84 Å². The molecule has 1 fully saturated rings. The Kier molecular flexibility index (Phi) is 1.68. The molecular weight excluding hydrogens is 132 g/mol. The van der Waals surface area contributed by atoms with Gasteiger partial charge in [-0.3, -0.25) is 4.79 Å². The normalized spacial score (nSPS) is 37.6. The lowest BCUT2D eigenvalue weighted by Crippen LogP contribution is -2.11. The fourth-order valence-electron chi connectivity index (χ4n) is 1.02. The van der Waals surface area contributed by atoms with Crippen LogP contribution in [-0.4, -0.2) is 22.8 Å². The zero-order valence-electron chi connectivity index (χ0n) is 6.26. The number of carbonyl (C=O) groups is 1. The van der Waals surface area contributed by atoms with Crippen molar-refractivity contribution in [1.82, 2.24) is 0 Å². The van der Waals surface area contributed by atoms with Crippen molar-refractivity contribution < 1.29 is 14.6 Å². The number of carboxylic acids is 1. The van der Waals surface area contributed by atoms with E-state index in [0.717, 1.165) is 6.42 Å². The number of rotatable bonds is 3. The van der Waals surface area contributed by atoms with Gasteiger partial charge in [0, 0.05) is 0 Å². The highest BCUT2D eigenvalue weighted by atomic mass is 16.6. The molecule has 0 aromatic rings. The van der Waals surface area contributed by atoms with Crippen LogP contribution in [0.15, 0.2) is 0 Å². The Morgan fingerprint density at radius 1 is 1.80 bits per heavy atom. The van der Waals surface area contributed by atoms with Crippen LogP contribution in [-0.2, 0) is 9.53 Å². The van der Waals surface area contributed by atoms with E-state index in [0.29, 0.717) is 0 Å². The molecule has 1 heterocycles. The molecule has 0 spiro atoms. The van der Waals surface area contributed by atoms with Crippen LogP contribution in [0.25, 0.3) is 0 Å². The monoisotopic (exact) mass is 144 g/mol. The first-order valence-corrected chi connectivity index (χ1v) is 3.48. The molecule has 1 saturated heterocycles. The van der Waals surface area contributed by atoms with E-state index < -0.39 is 5.97 Å². The molecule has 1 aliphatic heterocycles. The van der Waals surface area contributed by atoms with Gasteiger partial charge in [-0.2, -0.15) is 0 Å². The van der Waals surface area contributed by atoms with E-state index in [4.69, 9.17) is 9.84 Å². The highest BCUT2D eigenvalue weighted by molar-refractivity contribution is 5.68. The van der Waals surface area contributed by atoms with Crippen molar-refractivity contribution in [1.29, 1.82) is 0 Å². The van der Waals surface area contributed by atoms with E-state index >= 15 is 0 Å². The van der Waals surface area contributed by atoms with E-state index in [-0.39, 0.29) is 18.1 Å². The molecule has 0 aromatic heterocycles. The number of hydrogen-bond acceptors (Lipinski definition) is 2. The third kappa shape index (κ3) is 1.29. The van der Waals surface area contributed by atoms with Gasteiger partial charge in [-0.25, -0.2) is 0 Å². The lowest BCUT2D eigenvalue weighted by Gasteiger charge is -1.97.